The Bertz CT molecular complexity index is 1270. The summed E-state index contributed by atoms with van der Waals surface area (Å²) >= 11 is 0. The van der Waals surface area contributed by atoms with Gasteiger partial charge in [0.1, 0.15) is 5.60 Å². The smallest absolute Gasteiger partial charge is 0.407 e. The highest BCUT2D eigenvalue weighted by molar-refractivity contribution is 5.98. The van der Waals surface area contributed by atoms with Crippen molar-refractivity contribution in [1.82, 2.24) is 15.6 Å². The topological polar surface area (TPSA) is 104 Å². The number of hydrogen-bond acceptors (Lipinski definition) is 5. The molecule has 2 aromatic rings. The van der Waals surface area contributed by atoms with Gasteiger partial charge in [-0.3, -0.25) is 9.59 Å². The van der Waals surface area contributed by atoms with Crippen LogP contribution in [-0.2, 0) is 11.3 Å². The zero-order valence-electron chi connectivity index (χ0n) is 24.5. The highest BCUT2D eigenvalue weighted by atomic mass is 16.6. The summed E-state index contributed by atoms with van der Waals surface area (Å²) in [5.74, 6) is -0.224. The fourth-order valence-corrected chi connectivity index (χ4v) is 5.37. The maximum absolute atomic E-state index is 13.4. The molecule has 1 saturated carbocycles. The predicted octanol–water partition coefficient (Wildman–Crippen LogP) is 5.54. The molecule has 0 bridgehead atoms. The molecule has 1 aromatic heterocycles. The van der Waals surface area contributed by atoms with Gasteiger partial charge in [0.2, 0.25) is 0 Å². The number of alkyl carbamates (subject to hydrolysis) is 1. The number of aromatic nitrogens is 1. The maximum Gasteiger partial charge on any atom is 0.407 e. The number of benzene rings is 1. The zero-order valence-corrected chi connectivity index (χ0v) is 24.5. The summed E-state index contributed by atoms with van der Waals surface area (Å²) in [5.41, 5.74) is 4.83. The van der Waals surface area contributed by atoms with Gasteiger partial charge in [-0.15, -0.1) is 0 Å². The minimum absolute atomic E-state index is 0.0881. The number of carbonyl (C=O) groups is 2. The quantitative estimate of drug-likeness (QED) is 0.411. The van der Waals surface area contributed by atoms with Crippen molar-refractivity contribution in [3.63, 3.8) is 0 Å². The number of carbonyl (C=O) groups excluding carboxylic acids is 2. The SMILES string of the molecule is C=Cc1cc(C(=O)NCc2c(C)cc(C)[nH]c2=O)c(C)c(N(CC)C2CCC(NC(=O)OC(C)(C)C)CC2)c1. The van der Waals surface area contributed by atoms with Crippen LogP contribution in [0, 0.1) is 20.8 Å². The van der Waals surface area contributed by atoms with Crippen LogP contribution in [0.15, 0.2) is 29.6 Å². The molecule has 2 amide bonds. The number of anilines is 1. The number of aryl methyl sites for hydroxylation is 2. The Morgan fingerprint density at radius 3 is 2.36 bits per heavy atom. The largest absolute Gasteiger partial charge is 0.444 e. The van der Waals surface area contributed by atoms with Gasteiger partial charge in [-0.05, 0) is 109 Å². The Labute approximate surface area is 232 Å². The van der Waals surface area contributed by atoms with Crippen LogP contribution in [0.3, 0.4) is 0 Å². The molecule has 1 aliphatic rings. The number of nitrogens with zero attached hydrogens (tertiary/aromatic N) is 1. The Morgan fingerprint density at radius 1 is 1.13 bits per heavy atom. The molecule has 212 valence electrons. The Kier molecular flexibility index (Phi) is 9.64. The molecule has 1 heterocycles. The maximum atomic E-state index is 13.4. The van der Waals surface area contributed by atoms with Crippen LogP contribution >= 0.6 is 0 Å². The van der Waals surface area contributed by atoms with Crippen LogP contribution in [-0.4, -0.2) is 41.2 Å². The molecule has 8 heteroatoms. The second-order valence-electron chi connectivity index (χ2n) is 11.5. The first-order valence-corrected chi connectivity index (χ1v) is 13.8. The summed E-state index contributed by atoms with van der Waals surface area (Å²) in [7, 11) is 0. The highest BCUT2D eigenvalue weighted by Gasteiger charge is 2.29. The number of amides is 2. The van der Waals surface area contributed by atoms with Crippen LogP contribution in [0.1, 0.15) is 91.7 Å². The molecule has 0 atom stereocenters. The molecule has 1 fully saturated rings. The summed E-state index contributed by atoms with van der Waals surface area (Å²) in [6, 6.07) is 6.22. The van der Waals surface area contributed by atoms with E-state index in [2.05, 4.69) is 40.1 Å². The van der Waals surface area contributed by atoms with E-state index in [0.29, 0.717) is 11.1 Å². The number of ether oxygens (including phenoxy) is 1. The molecule has 0 spiro atoms. The Morgan fingerprint density at radius 2 is 1.79 bits per heavy atom. The van der Waals surface area contributed by atoms with Crippen LogP contribution in [0.2, 0.25) is 0 Å². The normalized spacial score (nSPS) is 17.3. The molecule has 3 N–H and O–H groups in total. The standard InChI is InChI=1S/C31H44N4O4/c1-9-22-16-25(28(36)32-18-26-19(3)15-20(4)33-29(26)37)21(5)27(17-22)35(10-2)24-13-11-23(12-14-24)34-30(38)39-31(6,7)8/h9,15-17,23-24H,1,10-14,18H2,2-8H3,(H,32,36)(H,33,37)(H,34,38). The minimum atomic E-state index is -0.521. The molecular weight excluding hydrogens is 492 g/mol. The molecule has 1 aromatic carbocycles. The number of aromatic amines is 1. The van der Waals surface area contributed by atoms with Gasteiger partial charge in [-0.1, -0.05) is 12.7 Å². The Balaban J connectivity index is 1.76. The van der Waals surface area contributed by atoms with E-state index in [1.165, 1.54) is 0 Å². The average Bonchev–Trinajstić information content (AvgIpc) is 2.84. The molecule has 0 aliphatic heterocycles. The van der Waals surface area contributed by atoms with Gasteiger partial charge in [-0.25, -0.2) is 4.79 Å². The van der Waals surface area contributed by atoms with E-state index in [1.54, 1.807) is 6.08 Å². The van der Waals surface area contributed by atoms with Crippen molar-refractivity contribution in [2.45, 2.75) is 98.4 Å². The van der Waals surface area contributed by atoms with Crippen molar-refractivity contribution < 1.29 is 14.3 Å². The van der Waals surface area contributed by atoms with E-state index in [-0.39, 0.29) is 36.2 Å². The monoisotopic (exact) mass is 536 g/mol. The van der Waals surface area contributed by atoms with Gasteiger partial charge in [0.05, 0.1) is 0 Å². The minimum Gasteiger partial charge on any atom is -0.444 e. The van der Waals surface area contributed by atoms with Gasteiger partial charge in [-0.2, -0.15) is 0 Å². The summed E-state index contributed by atoms with van der Waals surface area (Å²) in [4.78, 5) is 43.2. The molecule has 0 unspecified atom stereocenters. The first kappa shape index (κ1) is 30.0. The van der Waals surface area contributed by atoms with Crippen LogP contribution in [0.5, 0.6) is 0 Å². The molecule has 1 aliphatic carbocycles. The molecule has 3 rings (SSSR count). The van der Waals surface area contributed by atoms with Crippen molar-refractivity contribution in [3.05, 3.63) is 68.6 Å². The number of nitrogens with one attached hydrogen (secondary N) is 3. The van der Waals surface area contributed by atoms with Gasteiger partial charge in [0.25, 0.3) is 11.5 Å². The fourth-order valence-electron chi connectivity index (χ4n) is 5.37. The van der Waals surface area contributed by atoms with Crippen molar-refractivity contribution in [2.75, 3.05) is 11.4 Å². The average molecular weight is 537 g/mol. The zero-order chi connectivity index (χ0) is 28.9. The van der Waals surface area contributed by atoms with E-state index in [1.807, 2.05) is 53.7 Å². The van der Waals surface area contributed by atoms with Gasteiger partial charge >= 0.3 is 6.09 Å². The second-order valence-corrected chi connectivity index (χ2v) is 11.5. The highest BCUT2D eigenvalue weighted by Crippen LogP contribution is 2.32. The molecule has 0 radical (unpaired) electrons. The molecular formula is C31H44N4O4. The Hall–Kier alpha value is -3.55. The van der Waals surface area contributed by atoms with E-state index < -0.39 is 5.60 Å². The summed E-state index contributed by atoms with van der Waals surface area (Å²) in [6.07, 6.45) is 4.94. The summed E-state index contributed by atoms with van der Waals surface area (Å²) in [5, 5.41) is 5.96. The lowest BCUT2D eigenvalue weighted by Gasteiger charge is -2.39. The van der Waals surface area contributed by atoms with E-state index in [9.17, 15) is 14.4 Å². The van der Waals surface area contributed by atoms with Crippen LogP contribution < -0.4 is 21.1 Å². The van der Waals surface area contributed by atoms with E-state index in [0.717, 1.165) is 60.3 Å². The van der Waals surface area contributed by atoms with Gasteiger partial charge in [0, 0.05) is 47.7 Å². The lowest BCUT2D eigenvalue weighted by molar-refractivity contribution is 0.0491. The summed E-state index contributed by atoms with van der Waals surface area (Å²) in [6.45, 7) is 18.3. The molecule has 0 saturated heterocycles. The third kappa shape index (κ3) is 7.74. The fraction of sp³-hybridized carbons (Fsp3) is 0.516. The lowest BCUT2D eigenvalue weighted by Crippen LogP contribution is -2.45. The van der Waals surface area contributed by atoms with Crippen molar-refractivity contribution >= 4 is 23.8 Å². The number of rotatable bonds is 8. The molecule has 8 nitrogen and oxygen atoms in total. The van der Waals surface area contributed by atoms with Crippen LogP contribution in [0.4, 0.5) is 10.5 Å². The van der Waals surface area contributed by atoms with Crippen LogP contribution in [0.25, 0.3) is 6.08 Å². The van der Waals surface area contributed by atoms with Crippen molar-refractivity contribution in [2.24, 2.45) is 0 Å². The second kappa shape index (κ2) is 12.5. The first-order chi connectivity index (χ1) is 18.3. The predicted molar refractivity (Wildman–Crippen MR) is 157 cm³/mol. The number of H-pyrrole nitrogens is 1. The number of pyridine rings is 1. The van der Waals surface area contributed by atoms with Gasteiger partial charge < -0.3 is 25.3 Å². The third-order valence-electron chi connectivity index (χ3n) is 7.31. The molecule has 39 heavy (non-hydrogen) atoms. The third-order valence-corrected chi connectivity index (χ3v) is 7.31. The van der Waals surface area contributed by atoms with Gasteiger partial charge in [0.15, 0.2) is 0 Å². The van der Waals surface area contributed by atoms with E-state index in [4.69, 9.17) is 4.74 Å². The first-order valence-electron chi connectivity index (χ1n) is 13.8. The van der Waals surface area contributed by atoms with E-state index >= 15 is 0 Å². The summed E-state index contributed by atoms with van der Waals surface area (Å²) < 4.78 is 5.42. The number of hydrogen-bond donors (Lipinski definition) is 3. The van der Waals surface area contributed by atoms with Crippen molar-refractivity contribution in [1.29, 1.82) is 0 Å². The lowest BCUT2D eigenvalue weighted by atomic mass is 9.89. The van der Waals surface area contributed by atoms with Crippen molar-refractivity contribution in [3.8, 4) is 0 Å².